The largest absolute Gasteiger partial charge is 0.349 e. The predicted molar refractivity (Wildman–Crippen MR) is 80.1 cm³/mol. The average Bonchev–Trinajstić information content (AvgIpc) is 2.42. The molecule has 1 aromatic carbocycles. The van der Waals surface area contributed by atoms with Crippen molar-refractivity contribution in [1.29, 1.82) is 0 Å². The SMILES string of the molecule is CCC(CC)(CN)C(=O)N[C@@H](C)c1ccc(Cl)cc1. The molecule has 1 rings (SSSR count). The Balaban J connectivity index is 2.78. The highest BCUT2D eigenvalue weighted by molar-refractivity contribution is 6.30. The fourth-order valence-corrected chi connectivity index (χ4v) is 2.26. The van der Waals surface area contributed by atoms with Crippen molar-refractivity contribution < 1.29 is 4.79 Å². The monoisotopic (exact) mass is 282 g/mol. The summed E-state index contributed by atoms with van der Waals surface area (Å²) in [4.78, 5) is 12.4. The molecular formula is C15H23ClN2O. The molecule has 0 bridgehead atoms. The Hall–Kier alpha value is -1.06. The summed E-state index contributed by atoms with van der Waals surface area (Å²) in [6.07, 6.45) is 1.50. The van der Waals surface area contributed by atoms with Crippen LogP contribution in [0.1, 0.15) is 45.2 Å². The van der Waals surface area contributed by atoms with E-state index >= 15 is 0 Å². The van der Waals surface area contributed by atoms with Crippen LogP contribution in [0.25, 0.3) is 0 Å². The Bertz CT molecular complexity index is 404. The maximum absolute atomic E-state index is 12.4. The maximum atomic E-state index is 12.4. The predicted octanol–water partition coefficient (Wildman–Crippen LogP) is 3.28. The smallest absolute Gasteiger partial charge is 0.227 e. The van der Waals surface area contributed by atoms with E-state index in [0.29, 0.717) is 11.6 Å². The fraction of sp³-hybridized carbons (Fsp3) is 0.533. The van der Waals surface area contributed by atoms with Crippen LogP contribution in [0.4, 0.5) is 0 Å². The molecule has 0 aliphatic rings. The van der Waals surface area contributed by atoms with E-state index in [1.165, 1.54) is 0 Å². The standard InChI is InChI=1S/C15H23ClN2O/c1-4-15(5-2,10-17)14(19)18-11(3)12-6-8-13(16)9-7-12/h6-9,11H,4-5,10,17H2,1-3H3,(H,18,19)/t11-/m0/s1. The zero-order valence-electron chi connectivity index (χ0n) is 11.9. The van der Waals surface area contributed by atoms with Gasteiger partial charge in [0, 0.05) is 11.6 Å². The van der Waals surface area contributed by atoms with Crippen LogP contribution < -0.4 is 11.1 Å². The van der Waals surface area contributed by atoms with E-state index < -0.39 is 5.41 Å². The molecule has 0 spiro atoms. The van der Waals surface area contributed by atoms with Gasteiger partial charge in [-0.3, -0.25) is 4.79 Å². The molecule has 0 saturated carbocycles. The highest BCUT2D eigenvalue weighted by Gasteiger charge is 2.33. The number of amides is 1. The fourth-order valence-electron chi connectivity index (χ4n) is 2.14. The van der Waals surface area contributed by atoms with Crippen LogP contribution in [0.3, 0.4) is 0 Å². The zero-order chi connectivity index (χ0) is 14.5. The average molecular weight is 283 g/mol. The number of rotatable bonds is 6. The molecule has 0 saturated heterocycles. The van der Waals surface area contributed by atoms with Crippen molar-refractivity contribution in [3.8, 4) is 0 Å². The third-order valence-corrected chi connectivity index (χ3v) is 4.20. The van der Waals surface area contributed by atoms with Crippen LogP contribution in [0.2, 0.25) is 5.02 Å². The van der Waals surface area contributed by atoms with E-state index in [-0.39, 0.29) is 11.9 Å². The van der Waals surface area contributed by atoms with Gasteiger partial charge in [-0.2, -0.15) is 0 Å². The van der Waals surface area contributed by atoms with Gasteiger partial charge in [0.05, 0.1) is 11.5 Å². The van der Waals surface area contributed by atoms with Gasteiger partial charge in [0.2, 0.25) is 5.91 Å². The Morgan fingerprint density at radius 3 is 2.26 bits per heavy atom. The van der Waals surface area contributed by atoms with Gasteiger partial charge in [-0.1, -0.05) is 37.6 Å². The van der Waals surface area contributed by atoms with Crippen molar-refractivity contribution in [2.75, 3.05) is 6.54 Å². The molecule has 0 aliphatic heterocycles. The summed E-state index contributed by atoms with van der Waals surface area (Å²) in [7, 11) is 0. The van der Waals surface area contributed by atoms with Gasteiger partial charge in [0.25, 0.3) is 0 Å². The zero-order valence-corrected chi connectivity index (χ0v) is 12.6. The summed E-state index contributed by atoms with van der Waals surface area (Å²) in [5, 5.41) is 3.74. The number of nitrogens with one attached hydrogen (secondary N) is 1. The van der Waals surface area contributed by atoms with E-state index in [9.17, 15) is 4.79 Å². The van der Waals surface area contributed by atoms with Crippen molar-refractivity contribution in [3.05, 3.63) is 34.9 Å². The summed E-state index contributed by atoms with van der Waals surface area (Å²) < 4.78 is 0. The summed E-state index contributed by atoms with van der Waals surface area (Å²) >= 11 is 5.86. The number of hydrogen-bond donors (Lipinski definition) is 2. The second-order valence-electron chi connectivity index (χ2n) is 4.94. The highest BCUT2D eigenvalue weighted by atomic mass is 35.5. The summed E-state index contributed by atoms with van der Waals surface area (Å²) in [6.45, 7) is 6.35. The van der Waals surface area contributed by atoms with Gasteiger partial charge in [0.1, 0.15) is 0 Å². The lowest BCUT2D eigenvalue weighted by molar-refractivity contribution is -0.131. The first-order chi connectivity index (χ1) is 8.99. The lowest BCUT2D eigenvalue weighted by atomic mass is 9.81. The van der Waals surface area contributed by atoms with Crippen LogP contribution in [-0.4, -0.2) is 12.5 Å². The number of nitrogens with two attached hydrogens (primary N) is 1. The third kappa shape index (κ3) is 3.71. The molecular weight excluding hydrogens is 260 g/mol. The van der Waals surface area contributed by atoms with Crippen LogP contribution in [0.15, 0.2) is 24.3 Å². The minimum absolute atomic E-state index is 0.0300. The quantitative estimate of drug-likeness (QED) is 0.841. The third-order valence-electron chi connectivity index (χ3n) is 3.94. The summed E-state index contributed by atoms with van der Waals surface area (Å²) in [5.41, 5.74) is 6.37. The van der Waals surface area contributed by atoms with E-state index in [1.807, 2.05) is 45.0 Å². The molecule has 0 unspecified atom stereocenters. The van der Waals surface area contributed by atoms with Gasteiger partial charge in [-0.15, -0.1) is 0 Å². The Morgan fingerprint density at radius 1 is 1.32 bits per heavy atom. The summed E-state index contributed by atoms with van der Waals surface area (Å²) in [5.74, 6) is 0.0300. The van der Waals surface area contributed by atoms with Crippen molar-refractivity contribution in [2.45, 2.75) is 39.7 Å². The molecule has 1 aromatic rings. The first kappa shape index (κ1) is 16.0. The number of hydrogen-bond acceptors (Lipinski definition) is 2. The normalized spacial score (nSPS) is 13.1. The molecule has 4 heteroatoms. The van der Waals surface area contributed by atoms with Gasteiger partial charge in [-0.05, 0) is 37.5 Å². The molecule has 0 fully saturated rings. The molecule has 3 nitrogen and oxygen atoms in total. The number of carbonyl (C=O) groups is 1. The topological polar surface area (TPSA) is 55.1 Å². The molecule has 1 atom stereocenters. The number of benzene rings is 1. The minimum Gasteiger partial charge on any atom is -0.349 e. The minimum atomic E-state index is -0.458. The Kier molecular flexibility index (Phi) is 5.83. The lowest BCUT2D eigenvalue weighted by Crippen LogP contribution is -2.46. The first-order valence-electron chi connectivity index (χ1n) is 6.75. The second kappa shape index (κ2) is 6.92. The molecule has 1 amide bonds. The molecule has 19 heavy (non-hydrogen) atoms. The Labute approximate surface area is 120 Å². The Morgan fingerprint density at radius 2 is 1.84 bits per heavy atom. The van der Waals surface area contributed by atoms with Crippen LogP contribution in [-0.2, 0) is 4.79 Å². The molecule has 0 radical (unpaired) electrons. The van der Waals surface area contributed by atoms with Crippen LogP contribution in [0, 0.1) is 5.41 Å². The van der Waals surface area contributed by atoms with Gasteiger partial charge < -0.3 is 11.1 Å². The van der Waals surface area contributed by atoms with Crippen molar-refractivity contribution in [1.82, 2.24) is 5.32 Å². The van der Waals surface area contributed by atoms with Gasteiger partial charge >= 0.3 is 0 Å². The van der Waals surface area contributed by atoms with Crippen LogP contribution >= 0.6 is 11.6 Å². The first-order valence-corrected chi connectivity index (χ1v) is 7.13. The van der Waals surface area contributed by atoms with E-state index in [2.05, 4.69) is 5.32 Å². The molecule has 0 aliphatic carbocycles. The molecule has 0 heterocycles. The number of carbonyl (C=O) groups excluding carboxylic acids is 1. The van der Waals surface area contributed by atoms with Crippen molar-refractivity contribution in [3.63, 3.8) is 0 Å². The second-order valence-corrected chi connectivity index (χ2v) is 5.37. The highest BCUT2D eigenvalue weighted by Crippen LogP contribution is 2.26. The molecule has 0 aromatic heterocycles. The van der Waals surface area contributed by atoms with Crippen molar-refractivity contribution >= 4 is 17.5 Å². The summed E-state index contributed by atoms with van der Waals surface area (Å²) in [6, 6.07) is 7.46. The van der Waals surface area contributed by atoms with E-state index in [0.717, 1.165) is 18.4 Å². The van der Waals surface area contributed by atoms with Crippen LogP contribution in [0.5, 0.6) is 0 Å². The molecule has 3 N–H and O–H groups in total. The molecule has 106 valence electrons. The lowest BCUT2D eigenvalue weighted by Gasteiger charge is -2.30. The van der Waals surface area contributed by atoms with Gasteiger partial charge in [0.15, 0.2) is 0 Å². The van der Waals surface area contributed by atoms with Gasteiger partial charge in [-0.25, -0.2) is 0 Å². The number of halogens is 1. The van der Waals surface area contributed by atoms with E-state index in [1.54, 1.807) is 0 Å². The maximum Gasteiger partial charge on any atom is 0.227 e. The van der Waals surface area contributed by atoms with E-state index in [4.69, 9.17) is 17.3 Å². The van der Waals surface area contributed by atoms with Crippen molar-refractivity contribution in [2.24, 2.45) is 11.1 Å².